The van der Waals surface area contributed by atoms with E-state index >= 15 is 0 Å². The van der Waals surface area contributed by atoms with E-state index in [2.05, 4.69) is 15.3 Å². The first-order chi connectivity index (χ1) is 10.6. The van der Waals surface area contributed by atoms with E-state index in [0.717, 1.165) is 44.1 Å². The molecule has 1 N–H and O–H groups in total. The van der Waals surface area contributed by atoms with Crippen LogP contribution in [0.25, 0.3) is 0 Å². The Bertz CT molecular complexity index is 495. The molecule has 22 heavy (non-hydrogen) atoms. The van der Waals surface area contributed by atoms with Crippen molar-refractivity contribution in [2.75, 3.05) is 58.9 Å². The van der Waals surface area contributed by atoms with Gasteiger partial charge in [-0.1, -0.05) is 0 Å². The highest BCUT2D eigenvalue weighted by Gasteiger charge is 2.22. The third-order valence-corrected chi connectivity index (χ3v) is 3.76. The van der Waals surface area contributed by atoms with Gasteiger partial charge in [0.05, 0.1) is 0 Å². The minimum absolute atomic E-state index is 0.0490. The zero-order valence-corrected chi connectivity index (χ0v) is 13.6. The second-order valence-electron chi connectivity index (χ2n) is 5.81. The van der Waals surface area contributed by atoms with Crippen LogP contribution in [0.1, 0.15) is 5.69 Å². The lowest BCUT2D eigenvalue weighted by atomic mass is 10.0. The van der Waals surface area contributed by atoms with Crippen LogP contribution in [0.5, 0.6) is 0 Å². The van der Waals surface area contributed by atoms with Crippen molar-refractivity contribution in [2.24, 2.45) is 5.92 Å². The Labute approximate surface area is 131 Å². The number of aromatic nitrogens is 2. The Balaban J connectivity index is 2.01. The fraction of sp³-hybridized carbons (Fsp3) is 0.667. The van der Waals surface area contributed by atoms with Gasteiger partial charge in [-0.05, 0) is 12.3 Å². The van der Waals surface area contributed by atoms with E-state index in [4.69, 9.17) is 4.74 Å². The largest absolute Gasteiger partial charge is 0.375 e. The van der Waals surface area contributed by atoms with Crippen molar-refractivity contribution in [2.45, 2.75) is 6.42 Å². The molecular weight excluding hydrogens is 282 g/mol. The summed E-state index contributed by atoms with van der Waals surface area (Å²) >= 11 is 0. The van der Waals surface area contributed by atoms with Gasteiger partial charge >= 0.3 is 0 Å². The van der Waals surface area contributed by atoms with E-state index in [1.165, 1.54) is 0 Å². The third kappa shape index (κ3) is 4.64. The molecular formula is C15H25N5O2. The van der Waals surface area contributed by atoms with Gasteiger partial charge < -0.3 is 19.9 Å². The zero-order chi connectivity index (χ0) is 15.9. The van der Waals surface area contributed by atoms with Gasteiger partial charge in [0.25, 0.3) is 0 Å². The van der Waals surface area contributed by atoms with Gasteiger partial charge in [0.15, 0.2) is 0 Å². The molecule has 0 unspecified atom stereocenters. The number of nitrogens with zero attached hydrogens (tertiary/aromatic N) is 4. The lowest BCUT2D eigenvalue weighted by Crippen LogP contribution is -2.38. The summed E-state index contributed by atoms with van der Waals surface area (Å²) in [5.41, 5.74) is 1.01. The summed E-state index contributed by atoms with van der Waals surface area (Å²) in [4.78, 5) is 24.5. The van der Waals surface area contributed by atoms with Crippen LogP contribution in [0.2, 0.25) is 0 Å². The summed E-state index contributed by atoms with van der Waals surface area (Å²) < 4.78 is 4.96. The molecule has 1 amide bonds. The number of hydrogen-bond donors (Lipinski definition) is 1. The van der Waals surface area contributed by atoms with E-state index in [1.54, 1.807) is 13.4 Å². The van der Waals surface area contributed by atoms with Gasteiger partial charge in [0.1, 0.15) is 18.8 Å². The molecule has 1 fully saturated rings. The van der Waals surface area contributed by atoms with Crippen LogP contribution in [-0.4, -0.2) is 74.8 Å². The summed E-state index contributed by atoms with van der Waals surface area (Å²) in [6.45, 7) is 3.31. The minimum Gasteiger partial charge on any atom is -0.375 e. The Hall–Kier alpha value is -1.73. The number of amides is 1. The molecule has 0 aliphatic carbocycles. The molecule has 0 spiro atoms. The molecule has 0 radical (unpaired) electrons. The fourth-order valence-electron chi connectivity index (χ4n) is 2.60. The van der Waals surface area contributed by atoms with E-state index in [-0.39, 0.29) is 12.5 Å². The van der Waals surface area contributed by atoms with Crippen LogP contribution in [0.4, 0.5) is 5.82 Å². The number of carbonyl (C=O) groups excluding carboxylic acids is 1. The lowest BCUT2D eigenvalue weighted by molar-refractivity contribution is -0.135. The summed E-state index contributed by atoms with van der Waals surface area (Å²) in [5, 5.41) is 3.39. The highest BCUT2D eigenvalue weighted by molar-refractivity contribution is 5.77. The molecule has 7 heteroatoms. The number of ether oxygens (including phenoxy) is 1. The Morgan fingerprint density at radius 3 is 3.05 bits per heavy atom. The first kappa shape index (κ1) is 16.6. The first-order valence-corrected chi connectivity index (χ1v) is 7.56. The van der Waals surface area contributed by atoms with Gasteiger partial charge in [-0.3, -0.25) is 4.79 Å². The smallest absolute Gasteiger partial charge is 0.248 e. The van der Waals surface area contributed by atoms with Gasteiger partial charge in [-0.15, -0.1) is 0 Å². The van der Waals surface area contributed by atoms with Gasteiger partial charge in [0.2, 0.25) is 5.91 Å². The summed E-state index contributed by atoms with van der Waals surface area (Å²) in [6.07, 6.45) is 2.43. The molecule has 1 aromatic heterocycles. The predicted molar refractivity (Wildman–Crippen MR) is 84.9 cm³/mol. The second-order valence-corrected chi connectivity index (χ2v) is 5.81. The first-order valence-electron chi connectivity index (χ1n) is 7.56. The van der Waals surface area contributed by atoms with Crippen LogP contribution in [-0.2, 0) is 16.0 Å². The number of nitrogens with one attached hydrogen (secondary N) is 1. The molecule has 1 atom stereocenters. The summed E-state index contributed by atoms with van der Waals surface area (Å²) in [6, 6.07) is 2.01. The number of hydrogen-bond acceptors (Lipinski definition) is 6. The molecule has 1 aliphatic heterocycles. The quantitative estimate of drug-likeness (QED) is 0.811. The van der Waals surface area contributed by atoms with Gasteiger partial charge in [-0.25, -0.2) is 9.97 Å². The van der Waals surface area contributed by atoms with Gasteiger partial charge in [-0.2, -0.15) is 0 Å². The topological polar surface area (TPSA) is 70.6 Å². The highest BCUT2D eigenvalue weighted by atomic mass is 16.5. The van der Waals surface area contributed by atoms with Crippen molar-refractivity contribution >= 4 is 11.7 Å². The summed E-state index contributed by atoms with van der Waals surface area (Å²) in [7, 11) is 5.48. The van der Waals surface area contributed by atoms with Gasteiger partial charge in [0, 0.05) is 59.1 Å². The fourth-order valence-corrected chi connectivity index (χ4v) is 2.60. The molecule has 2 rings (SSSR count). The maximum absolute atomic E-state index is 12.0. The van der Waals surface area contributed by atoms with Crippen LogP contribution in [0.15, 0.2) is 12.4 Å². The monoisotopic (exact) mass is 307 g/mol. The standard InChI is InChI=1S/C15H25N5O2/c1-19(2)14-7-13(17-11-18-14)6-12-8-16-4-5-20(9-12)15(21)10-22-3/h7,11-12,16H,4-6,8-10H2,1-3H3/t12-/m0/s1. The maximum Gasteiger partial charge on any atom is 0.248 e. The van der Waals surface area contributed by atoms with Crippen molar-refractivity contribution in [3.63, 3.8) is 0 Å². The van der Waals surface area contributed by atoms with E-state index in [9.17, 15) is 4.79 Å². The predicted octanol–water partition coefficient (Wildman–Crippen LogP) is -0.220. The third-order valence-electron chi connectivity index (χ3n) is 3.76. The molecule has 0 saturated carbocycles. The number of anilines is 1. The Morgan fingerprint density at radius 1 is 1.50 bits per heavy atom. The van der Waals surface area contributed by atoms with E-state index < -0.39 is 0 Å². The minimum atomic E-state index is 0.0490. The Kier molecular flexibility index (Phi) is 6.09. The second kappa shape index (κ2) is 8.05. The van der Waals surface area contributed by atoms with E-state index in [1.807, 2.05) is 30.0 Å². The normalized spacial score (nSPS) is 18.9. The molecule has 0 aromatic carbocycles. The number of methoxy groups -OCH3 is 1. The van der Waals surface area contributed by atoms with Crippen molar-refractivity contribution in [1.82, 2.24) is 20.2 Å². The average Bonchev–Trinajstić information content (AvgIpc) is 2.73. The molecule has 7 nitrogen and oxygen atoms in total. The summed E-state index contributed by atoms with van der Waals surface area (Å²) in [5.74, 6) is 1.29. The SMILES string of the molecule is COCC(=O)N1CCNC[C@H](Cc2cc(N(C)C)ncn2)C1. The van der Waals surface area contributed by atoms with Crippen molar-refractivity contribution in [1.29, 1.82) is 0 Å². The molecule has 0 bridgehead atoms. The molecule has 1 saturated heterocycles. The molecule has 1 aromatic rings. The van der Waals surface area contributed by atoms with E-state index in [0.29, 0.717) is 5.92 Å². The van der Waals surface area contributed by atoms with Crippen molar-refractivity contribution in [3.05, 3.63) is 18.1 Å². The molecule has 1 aliphatic rings. The molecule has 2 heterocycles. The number of rotatable bonds is 5. The Morgan fingerprint density at radius 2 is 2.32 bits per heavy atom. The average molecular weight is 307 g/mol. The molecule has 122 valence electrons. The van der Waals surface area contributed by atoms with Crippen molar-refractivity contribution in [3.8, 4) is 0 Å². The van der Waals surface area contributed by atoms with Crippen LogP contribution in [0, 0.1) is 5.92 Å². The number of carbonyl (C=O) groups is 1. The zero-order valence-electron chi connectivity index (χ0n) is 13.6. The maximum atomic E-state index is 12.0. The van der Waals surface area contributed by atoms with Crippen LogP contribution in [0.3, 0.4) is 0 Å². The lowest BCUT2D eigenvalue weighted by Gasteiger charge is -2.23. The van der Waals surface area contributed by atoms with Crippen LogP contribution < -0.4 is 10.2 Å². The van der Waals surface area contributed by atoms with Crippen molar-refractivity contribution < 1.29 is 9.53 Å². The highest BCUT2D eigenvalue weighted by Crippen LogP contribution is 2.14. The van der Waals surface area contributed by atoms with Crippen LogP contribution >= 0.6 is 0 Å².